The van der Waals surface area contributed by atoms with Gasteiger partial charge in [0.05, 0.1) is 4.34 Å². The molecule has 2 rings (SSSR count). The van der Waals surface area contributed by atoms with Gasteiger partial charge in [0.25, 0.3) is 0 Å². The predicted octanol–water partition coefficient (Wildman–Crippen LogP) is 3.15. The molecule has 0 spiro atoms. The largest absolute Gasteiger partial charge is 0.480 e. The Morgan fingerprint density at radius 1 is 1.18 bits per heavy atom. The first kappa shape index (κ1) is 16.5. The van der Waals surface area contributed by atoms with Crippen molar-refractivity contribution in [1.29, 1.82) is 0 Å². The molecule has 1 aromatic carbocycles. The highest BCUT2D eigenvalue weighted by molar-refractivity contribution is 7.16. The van der Waals surface area contributed by atoms with Gasteiger partial charge < -0.3 is 10.4 Å². The summed E-state index contributed by atoms with van der Waals surface area (Å²) in [4.78, 5) is 24.2. The van der Waals surface area contributed by atoms with Gasteiger partial charge in [-0.15, -0.1) is 11.3 Å². The fourth-order valence-corrected chi connectivity index (χ4v) is 3.13. The van der Waals surface area contributed by atoms with Gasteiger partial charge >= 0.3 is 5.97 Å². The van der Waals surface area contributed by atoms with E-state index < -0.39 is 12.0 Å². The minimum absolute atomic E-state index is 0.245. The lowest BCUT2D eigenvalue weighted by Crippen LogP contribution is -2.42. The van der Waals surface area contributed by atoms with Crippen LogP contribution in [-0.2, 0) is 22.4 Å². The number of carboxylic acids is 1. The molecule has 0 radical (unpaired) electrons. The van der Waals surface area contributed by atoms with Crippen LogP contribution in [0.2, 0.25) is 4.34 Å². The van der Waals surface area contributed by atoms with Crippen LogP contribution >= 0.6 is 22.9 Å². The zero-order valence-corrected chi connectivity index (χ0v) is 13.4. The van der Waals surface area contributed by atoms with Gasteiger partial charge in [-0.1, -0.05) is 41.9 Å². The highest BCUT2D eigenvalue weighted by atomic mass is 35.5. The van der Waals surface area contributed by atoms with Gasteiger partial charge in [-0.2, -0.15) is 0 Å². The zero-order chi connectivity index (χ0) is 15.9. The maximum absolute atomic E-state index is 11.9. The number of thiophene rings is 1. The normalized spacial score (nSPS) is 11.9. The van der Waals surface area contributed by atoms with Crippen molar-refractivity contribution in [3.63, 3.8) is 0 Å². The van der Waals surface area contributed by atoms with E-state index in [0.717, 1.165) is 10.4 Å². The topological polar surface area (TPSA) is 66.4 Å². The number of hydrogen-bond donors (Lipinski definition) is 2. The van der Waals surface area contributed by atoms with Crippen molar-refractivity contribution in [2.45, 2.75) is 25.3 Å². The van der Waals surface area contributed by atoms with E-state index in [1.807, 2.05) is 36.4 Å². The van der Waals surface area contributed by atoms with Gasteiger partial charge in [0.15, 0.2) is 0 Å². The molecule has 2 aromatic rings. The standard InChI is InChI=1S/C16H16ClNO3S/c17-14-8-6-12(22-14)7-9-15(19)18-13(16(20)21)10-11-4-2-1-3-5-11/h1-6,8,13H,7,9-10H2,(H,18,19)(H,20,21). The number of carbonyl (C=O) groups excluding carboxylic acids is 1. The fourth-order valence-electron chi connectivity index (χ4n) is 2.04. The van der Waals surface area contributed by atoms with Crippen molar-refractivity contribution >= 4 is 34.8 Å². The first-order chi connectivity index (χ1) is 10.5. The molecule has 0 saturated carbocycles. The Kier molecular flexibility index (Phi) is 5.98. The summed E-state index contributed by atoms with van der Waals surface area (Å²) in [6, 6.07) is 12.0. The fraction of sp³-hybridized carbons (Fsp3) is 0.250. The van der Waals surface area contributed by atoms with E-state index in [4.69, 9.17) is 11.6 Å². The molecule has 0 aliphatic heterocycles. The minimum Gasteiger partial charge on any atom is -0.480 e. The van der Waals surface area contributed by atoms with Gasteiger partial charge in [0.2, 0.25) is 5.91 Å². The third-order valence-electron chi connectivity index (χ3n) is 3.14. The number of aryl methyl sites for hydroxylation is 1. The Labute approximate surface area is 137 Å². The molecule has 22 heavy (non-hydrogen) atoms. The van der Waals surface area contributed by atoms with Crippen molar-refractivity contribution in [2.24, 2.45) is 0 Å². The van der Waals surface area contributed by atoms with Crippen LogP contribution in [0.3, 0.4) is 0 Å². The van der Waals surface area contributed by atoms with Gasteiger partial charge in [-0.05, 0) is 24.1 Å². The molecule has 6 heteroatoms. The van der Waals surface area contributed by atoms with Crippen LogP contribution < -0.4 is 5.32 Å². The number of amides is 1. The van der Waals surface area contributed by atoms with Crippen LogP contribution in [0.4, 0.5) is 0 Å². The Bertz CT molecular complexity index is 642. The molecular formula is C16H16ClNO3S. The summed E-state index contributed by atoms with van der Waals surface area (Å²) < 4.78 is 0.683. The van der Waals surface area contributed by atoms with E-state index in [1.54, 1.807) is 6.07 Å². The summed E-state index contributed by atoms with van der Waals surface area (Å²) in [7, 11) is 0. The molecule has 1 aromatic heterocycles. The summed E-state index contributed by atoms with van der Waals surface area (Å²) in [5.74, 6) is -1.30. The number of carboxylic acid groups (broad SMARTS) is 1. The molecule has 2 N–H and O–H groups in total. The summed E-state index contributed by atoms with van der Waals surface area (Å²) in [5.41, 5.74) is 0.875. The first-order valence-corrected chi connectivity index (χ1v) is 8.04. The average Bonchev–Trinajstić information content (AvgIpc) is 2.91. The van der Waals surface area contributed by atoms with Crippen LogP contribution in [-0.4, -0.2) is 23.0 Å². The van der Waals surface area contributed by atoms with Gasteiger partial charge in [0, 0.05) is 17.7 Å². The first-order valence-electron chi connectivity index (χ1n) is 6.85. The second-order valence-electron chi connectivity index (χ2n) is 4.85. The quantitative estimate of drug-likeness (QED) is 0.815. The number of benzene rings is 1. The van der Waals surface area contributed by atoms with Crippen LogP contribution in [0.25, 0.3) is 0 Å². The minimum atomic E-state index is -1.03. The summed E-state index contributed by atoms with van der Waals surface area (Å²) in [6.07, 6.45) is 1.07. The summed E-state index contributed by atoms with van der Waals surface area (Å²) in [5, 5.41) is 11.8. The van der Waals surface area contributed by atoms with Gasteiger partial charge in [-0.3, -0.25) is 4.79 Å². The van der Waals surface area contributed by atoms with Crippen molar-refractivity contribution in [3.05, 3.63) is 57.2 Å². The Morgan fingerprint density at radius 2 is 1.91 bits per heavy atom. The van der Waals surface area contributed by atoms with Gasteiger partial charge in [-0.25, -0.2) is 4.79 Å². The third-order valence-corrected chi connectivity index (χ3v) is 4.43. The van der Waals surface area contributed by atoms with E-state index in [-0.39, 0.29) is 18.7 Å². The molecule has 116 valence electrons. The summed E-state index contributed by atoms with van der Waals surface area (Å²) in [6.45, 7) is 0. The average molecular weight is 338 g/mol. The number of hydrogen-bond acceptors (Lipinski definition) is 3. The number of nitrogens with one attached hydrogen (secondary N) is 1. The van der Waals surface area contributed by atoms with E-state index in [1.165, 1.54) is 11.3 Å². The predicted molar refractivity (Wildman–Crippen MR) is 87.4 cm³/mol. The molecule has 0 aliphatic rings. The monoisotopic (exact) mass is 337 g/mol. The molecule has 0 aliphatic carbocycles. The van der Waals surface area contributed by atoms with Crippen LogP contribution in [0, 0.1) is 0 Å². The molecule has 1 atom stereocenters. The van der Waals surface area contributed by atoms with Crippen LogP contribution in [0.15, 0.2) is 42.5 Å². The molecule has 4 nitrogen and oxygen atoms in total. The molecule has 1 amide bonds. The summed E-state index contributed by atoms with van der Waals surface area (Å²) >= 11 is 7.26. The van der Waals surface area contributed by atoms with Crippen molar-refractivity contribution in [3.8, 4) is 0 Å². The highest BCUT2D eigenvalue weighted by Gasteiger charge is 2.20. The van der Waals surface area contributed by atoms with Crippen LogP contribution in [0.5, 0.6) is 0 Å². The number of halogens is 1. The van der Waals surface area contributed by atoms with Crippen molar-refractivity contribution in [2.75, 3.05) is 0 Å². The highest BCUT2D eigenvalue weighted by Crippen LogP contribution is 2.22. The Hall–Kier alpha value is -1.85. The second kappa shape index (κ2) is 7.96. The van der Waals surface area contributed by atoms with E-state index in [0.29, 0.717) is 10.8 Å². The molecule has 0 fully saturated rings. The van der Waals surface area contributed by atoms with Crippen LogP contribution in [0.1, 0.15) is 16.9 Å². The Morgan fingerprint density at radius 3 is 2.50 bits per heavy atom. The molecule has 0 saturated heterocycles. The van der Waals surface area contributed by atoms with Crippen molar-refractivity contribution < 1.29 is 14.7 Å². The molecular weight excluding hydrogens is 322 g/mol. The maximum Gasteiger partial charge on any atom is 0.326 e. The lowest BCUT2D eigenvalue weighted by molar-refractivity contribution is -0.141. The van der Waals surface area contributed by atoms with E-state index in [9.17, 15) is 14.7 Å². The second-order valence-corrected chi connectivity index (χ2v) is 6.65. The number of carbonyl (C=O) groups is 2. The number of rotatable bonds is 7. The lowest BCUT2D eigenvalue weighted by atomic mass is 10.1. The SMILES string of the molecule is O=C(CCc1ccc(Cl)s1)NC(Cc1ccccc1)C(=O)O. The lowest BCUT2D eigenvalue weighted by Gasteiger charge is -2.14. The maximum atomic E-state index is 11.9. The molecule has 1 unspecified atom stereocenters. The molecule has 0 bridgehead atoms. The zero-order valence-electron chi connectivity index (χ0n) is 11.8. The van der Waals surface area contributed by atoms with E-state index in [2.05, 4.69) is 5.32 Å². The Balaban J connectivity index is 1.87. The molecule has 1 heterocycles. The smallest absolute Gasteiger partial charge is 0.326 e. The van der Waals surface area contributed by atoms with E-state index >= 15 is 0 Å². The number of aliphatic carboxylic acids is 1. The van der Waals surface area contributed by atoms with Crippen molar-refractivity contribution in [1.82, 2.24) is 5.32 Å². The van der Waals surface area contributed by atoms with Gasteiger partial charge in [0.1, 0.15) is 6.04 Å². The third kappa shape index (κ3) is 5.16.